The van der Waals surface area contributed by atoms with Crippen LogP contribution in [0.25, 0.3) is 0 Å². The Bertz CT molecular complexity index is 1010. The number of methoxy groups -OCH3 is 2. The van der Waals surface area contributed by atoms with Crippen LogP contribution in [-0.2, 0) is 24.3 Å². The largest absolute Gasteiger partial charge is 0.465 e. The number of sulfonamides is 1. The minimum Gasteiger partial charge on any atom is -0.465 e. The molecule has 0 aliphatic carbocycles. The van der Waals surface area contributed by atoms with Crippen LogP contribution < -0.4 is 0 Å². The van der Waals surface area contributed by atoms with E-state index in [0.29, 0.717) is 30.5 Å². The van der Waals surface area contributed by atoms with Crippen LogP contribution in [-0.4, -0.2) is 75.5 Å². The van der Waals surface area contributed by atoms with Gasteiger partial charge in [-0.05, 0) is 37.5 Å². The molecule has 2 aliphatic rings. The molecule has 1 aromatic rings. The minimum atomic E-state index is -4.11. The van der Waals surface area contributed by atoms with Crippen molar-refractivity contribution in [3.8, 4) is 12.3 Å². The van der Waals surface area contributed by atoms with E-state index >= 15 is 0 Å². The Morgan fingerprint density at radius 3 is 2.68 bits per heavy atom. The molecule has 1 unspecified atom stereocenters. The first-order chi connectivity index (χ1) is 14.7. The van der Waals surface area contributed by atoms with Crippen LogP contribution in [0.3, 0.4) is 0 Å². The molecule has 3 rings (SSSR count). The average Bonchev–Trinajstić information content (AvgIpc) is 2.81. The van der Waals surface area contributed by atoms with Gasteiger partial charge in [-0.1, -0.05) is 21.9 Å². The third-order valence-corrected chi connectivity index (χ3v) is 8.11. The van der Waals surface area contributed by atoms with Crippen LogP contribution in [0.4, 0.5) is 0 Å². The van der Waals surface area contributed by atoms with Crippen molar-refractivity contribution in [3.05, 3.63) is 28.2 Å². The number of hydrogen-bond acceptors (Lipinski definition) is 6. The molecule has 2 aliphatic heterocycles. The number of ether oxygens (including phenoxy) is 2. The summed E-state index contributed by atoms with van der Waals surface area (Å²) < 4.78 is 39.5. The number of hydrogen-bond donors (Lipinski definition) is 0. The highest BCUT2D eigenvalue weighted by Crippen LogP contribution is 2.37. The zero-order valence-electron chi connectivity index (χ0n) is 17.4. The Balaban J connectivity index is 2.12. The summed E-state index contributed by atoms with van der Waals surface area (Å²) in [7, 11) is -1.34. The second-order valence-electron chi connectivity index (χ2n) is 7.65. The maximum atomic E-state index is 13.8. The van der Waals surface area contributed by atoms with Crippen LogP contribution in [0.15, 0.2) is 27.6 Å². The number of nitrogens with zero attached hydrogens (tertiary/aromatic N) is 2. The monoisotopic (exact) mass is 512 g/mol. The molecule has 10 heteroatoms. The fraction of sp³-hybridized carbons (Fsp3) is 0.524. The lowest BCUT2D eigenvalue weighted by Gasteiger charge is -2.40. The van der Waals surface area contributed by atoms with E-state index in [9.17, 15) is 18.0 Å². The van der Waals surface area contributed by atoms with Gasteiger partial charge in [-0.3, -0.25) is 4.79 Å². The molecule has 31 heavy (non-hydrogen) atoms. The number of halogens is 1. The van der Waals surface area contributed by atoms with Gasteiger partial charge >= 0.3 is 5.97 Å². The van der Waals surface area contributed by atoms with Gasteiger partial charge in [0.2, 0.25) is 15.9 Å². The van der Waals surface area contributed by atoms with Crippen LogP contribution in [0.5, 0.6) is 0 Å². The Morgan fingerprint density at radius 1 is 1.29 bits per heavy atom. The molecular formula is C21H25BrN2O6S. The highest BCUT2D eigenvalue weighted by Gasteiger charge is 2.50. The van der Waals surface area contributed by atoms with Crippen LogP contribution >= 0.6 is 15.9 Å². The predicted molar refractivity (Wildman–Crippen MR) is 117 cm³/mol. The van der Waals surface area contributed by atoms with Crippen molar-refractivity contribution in [2.24, 2.45) is 5.92 Å². The molecule has 8 nitrogen and oxygen atoms in total. The zero-order valence-corrected chi connectivity index (χ0v) is 19.8. The van der Waals surface area contributed by atoms with Crippen molar-refractivity contribution in [1.29, 1.82) is 0 Å². The quantitative estimate of drug-likeness (QED) is 0.426. The van der Waals surface area contributed by atoms with Crippen molar-refractivity contribution < 1.29 is 27.5 Å². The van der Waals surface area contributed by atoms with Gasteiger partial charge in [-0.25, -0.2) is 13.2 Å². The van der Waals surface area contributed by atoms with Crippen LogP contribution in [0.1, 0.15) is 29.6 Å². The molecular weight excluding hydrogens is 488 g/mol. The van der Waals surface area contributed by atoms with Crippen molar-refractivity contribution in [3.63, 3.8) is 0 Å². The molecule has 2 heterocycles. The summed E-state index contributed by atoms with van der Waals surface area (Å²) in [6.07, 6.45) is 7.20. The average molecular weight is 513 g/mol. The topological polar surface area (TPSA) is 93.2 Å². The first-order valence-corrected chi connectivity index (χ1v) is 12.1. The molecule has 1 aromatic carbocycles. The summed E-state index contributed by atoms with van der Waals surface area (Å²) in [5.74, 6) is 1.32. The third-order valence-electron chi connectivity index (χ3n) is 5.74. The van der Waals surface area contributed by atoms with Gasteiger partial charge in [-0.15, -0.1) is 6.42 Å². The predicted octanol–water partition coefficient (Wildman–Crippen LogP) is 1.89. The first-order valence-electron chi connectivity index (χ1n) is 9.88. The van der Waals surface area contributed by atoms with Gasteiger partial charge in [0.05, 0.1) is 30.7 Å². The van der Waals surface area contributed by atoms with Gasteiger partial charge in [0.25, 0.3) is 0 Å². The number of terminal acetylenes is 1. The minimum absolute atomic E-state index is 0.0754. The van der Waals surface area contributed by atoms with Crippen molar-refractivity contribution in [2.75, 3.05) is 33.9 Å². The fourth-order valence-electron chi connectivity index (χ4n) is 4.43. The number of carbonyl (C=O) groups is 2. The Morgan fingerprint density at radius 2 is 2.03 bits per heavy atom. The molecule has 2 fully saturated rings. The molecule has 0 aromatic heterocycles. The van der Waals surface area contributed by atoms with Crippen molar-refractivity contribution in [1.82, 2.24) is 9.21 Å². The van der Waals surface area contributed by atoms with E-state index in [1.807, 2.05) is 0 Å². The SMILES string of the molecule is C#CCN1C[C@H](COC)[C@@H]2CCCC(C1=O)N2S(=O)(=O)c1cc(Br)cc(C(=O)OC)c1. The molecule has 168 valence electrons. The van der Waals surface area contributed by atoms with E-state index in [0.717, 1.165) is 6.42 Å². The lowest BCUT2D eigenvalue weighted by molar-refractivity contribution is -0.134. The molecule has 3 atom stereocenters. The molecule has 0 N–H and O–H groups in total. The molecule has 0 radical (unpaired) electrons. The fourth-order valence-corrected chi connectivity index (χ4v) is 7.04. The van der Waals surface area contributed by atoms with Crippen LogP contribution in [0.2, 0.25) is 0 Å². The molecule has 0 saturated carbocycles. The summed E-state index contributed by atoms with van der Waals surface area (Å²) in [5, 5.41) is 0. The molecule has 0 spiro atoms. The molecule has 2 saturated heterocycles. The summed E-state index contributed by atoms with van der Waals surface area (Å²) in [6.45, 7) is 0.735. The summed E-state index contributed by atoms with van der Waals surface area (Å²) in [5.41, 5.74) is 0.101. The standard InChI is InChI=1S/C21H25BrN2O6S/c1-4-8-23-12-15(13-29-2)18-6-5-7-19(20(23)25)24(18)31(27,28)17-10-14(21(26)30-3)9-16(22)11-17/h1,9-11,15,18-19H,5-8,12-13H2,2-3H3/t15-,18+,19?/m1/s1. The van der Waals surface area contributed by atoms with Gasteiger partial charge in [0.15, 0.2) is 0 Å². The number of fused-ring (bicyclic) bond motifs is 2. The number of esters is 1. The Hall–Kier alpha value is -1.93. The van der Waals surface area contributed by atoms with Gasteiger partial charge in [0.1, 0.15) is 6.04 Å². The second kappa shape index (κ2) is 9.69. The molecule has 2 bridgehead atoms. The normalized spacial score (nSPS) is 24.4. The first kappa shape index (κ1) is 23.7. The summed E-state index contributed by atoms with van der Waals surface area (Å²) >= 11 is 3.27. The van der Waals surface area contributed by atoms with Gasteiger partial charge in [-0.2, -0.15) is 4.31 Å². The maximum absolute atomic E-state index is 13.8. The van der Waals surface area contributed by atoms with Crippen molar-refractivity contribution in [2.45, 2.75) is 36.2 Å². The van der Waals surface area contributed by atoms with Crippen LogP contribution in [0, 0.1) is 18.3 Å². The number of benzene rings is 1. The highest BCUT2D eigenvalue weighted by atomic mass is 79.9. The number of carbonyl (C=O) groups excluding carboxylic acids is 2. The second-order valence-corrected chi connectivity index (χ2v) is 10.4. The smallest absolute Gasteiger partial charge is 0.337 e. The summed E-state index contributed by atoms with van der Waals surface area (Å²) in [4.78, 5) is 26.8. The molecule has 1 amide bonds. The highest BCUT2D eigenvalue weighted by molar-refractivity contribution is 9.10. The number of rotatable bonds is 6. The van der Waals surface area contributed by atoms with E-state index in [1.165, 1.54) is 29.6 Å². The Labute approximate surface area is 191 Å². The number of amides is 1. The lowest BCUT2D eigenvalue weighted by Crippen LogP contribution is -2.55. The maximum Gasteiger partial charge on any atom is 0.337 e. The van der Waals surface area contributed by atoms with E-state index < -0.39 is 28.1 Å². The third kappa shape index (κ3) is 4.65. The summed E-state index contributed by atoms with van der Waals surface area (Å²) in [6, 6.07) is 2.93. The van der Waals surface area contributed by atoms with E-state index in [-0.39, 0.29) is 28.8 Å². The van der Waals surface area contributed by atoms with Crippen molar-refractivity contribution >= 4 is 37.8 Å². The van der Waals surface area contributed by atoms with E-state index in [2.05, 4.69) is 21.9 Å². The lowest BCUT2D eigenvalue weighted by atomic mass is 9.91. The van der Waals surface area contributed by atoms with E-state index in [4.69, 9.17) is 15.9 Å². The zero-order chi connectivity index (χ0) is 22.8. The van der Waals surface area contributed by atoms with E-state index in [1.54, 1.807) is 12.0 Å². The number of piperidine rings is 1. The van der Waals surface area contributed by atoms with Gasteiger partial charge < -0.3 is 14.4 Å². The van der Waals surface area contributed by atoms with Gasteiger partial charge in [0, 0.05) is 30.1 Å². The Kier molecular flexibility index (Phi) is 7.42.